The van der Waals surface area contributed by atoms with E-state index < -0.39 is 0 Å². The molecule has 0 spiro atoms. The molecule has 1 rings (SSSR count). The van der Waals surface area contributed by atoms with Crippen molar-refractivity contribution in [1.29, 1.82) is 0 Å². The summed E-state index contributed by atoms with van der Waals surface area (Å²) in [5.41, 5.74) is 2.54. The van der Waals surface area contributed by atoms with Crippen molar-refractivity contribution >= 4 is 5.71 Å². The molecule has 0 fully saturated rings. The first-order valence-electron chi connectivity index (χ1n) is 3.40. The Balaban J connectivity index is 2.75. The van der Waals surface area contributed by atoms with Crippen LogP contribution in [0.2, 0.25) is 0 Å². The van der Waals surface area contributed by atoms with Crippen molar-refractivity contribution in [2.24, 2.45) is 10.9 Å². The maximum atomic E-state index is 4.34. The van der Waals surface area contributed by atoms with Gasteiger partial charge < -0.3 is 0 Å². The van der Waals surface area contributed by atoms with E-state index in [1.807, 2.05) is 0 Å². The van der Waals surface area contributed by atoms with E-state index in [9.17, 15) is 0 Å². The Bertz CT molecular complexity index is 165. The summed E-state index contributed by atoms with van der Waals surface area (Å²) in [6, 6.07) is 0. The molecular weight excluding hydrogens is 110 g/mol. The molecule has 9 heavy (non-hydrogen) atoms. The third kappa shape index (κ3) is 1.41. The summed E-state index contributed by atoms with van der Waals surface area (Å²) >= 11 is 0. The second kappa shape index (κ2) is 2.34. The largest absolute Gasteiger partial charge is 0.289 e. The topological polar surface area (TPSA) is 12.4 Å². The fourth-order valence-corrected chi connectivity index (χ4v) is 1.01. The Morgan fingerprint density at radius 1 is 1.56 bits per heavy atom. The van der Waals surface area contributed by atoms with Gasteiger partial charge in [-0.2, -0.15) is 0 Å². The lowest BCUT2D eigenvalue weighted by atomic mass is 10.0. The molecule has 50 valence electrons. The highest BCUT2D eigenvalue weighted by Gasteiger charge is 2.05. The zero-order valence-electron chi connectivity index (χ0n) is 6.31. The van der Waals surface area contributed by atoms with Crippen LogP contribution in [-0.4, -0.2) is 12.3 Å². The van der Waals surface area contributed by atoms with Crippen LogP contribution >= 0.6 is 0 Å². The molecule has 0 saturated carbocycles. The van der Waals surface area contributed by atoms with E-state index in [0.717, 1.165) is 6.54 Å². The highest BCUT2D eigenvalue weighted by Crippen LogP contribution is 2.10. The fourth-order valence-electron chi connectivity index (χ4n) is 1.01. The van der Waals surface area contributed by atoms with Gasteiger partial charge in [0.05, 0.1) is 0 Å². The van der Waals surface area contributed by atoms with Gasteiger partial charge >= 0.3 is 0 Å². The molecule has 1 heterocycles. The van der Waals surface area contributed by atoms with E-state index in [1.54, 1.807) is 0 Å². The fraction of sp³-hybridized carbons (Fsp3) is 0.625. The van der Waals surface area contributed by atoms with E-state index in [2.05, 4.69) is 31.8 Å². The normalized spacial score (nSPS) is 27.2. The van der Waals surface area contributed by atoms with E-state index in [1.165, 1.54) is 11.3 Å². The monoisotopic (exact) mass is 123 g/mol. The van der Waals surface area contributed by atoms with Gasteiger partial charge in [0, 0.05) is 12.3 Å². The molecular formula is C8H13N. The van der Waals surface area contributed by atoms with Crippen molar-refractivity contribution in [3.05, 3.63) is 11.6 Å². The Hall–Kier alpha value is -0.590. The quantitative estimate of drug-likeness (QED) is 0.467. The van der Waals surface area contributed by atoms with Gasteiger partial charge in [0.1, 0.15) is 0 Å². The van der Waals surface area contributed by atoms with Crippen LogP contribution in [0.25, 0.3) is 0 Å². The maximum absolute atomic E-state index is 4.34. The highest BCUT2D eigenvalue weighted by molar-refractivity contribution is 5.98. The average Bonchev–Trinajstić information content (AvgIpc) is 1.80. The zero-order chi connectivity index (χ0) is 6.85. The molecule has 1 unspecified atom stereocenters. The Kier molecular flexibility index (Phi) is 1.70. The lowest BCUT2D eigenvalue weighted by Gasteiger charge is -2.12. The van der Waals surface area contributed by atoms with Crippen LogP contribution in [0.1, 0.15) is 20.8 Å². The van der Waals surface area contributed by atoms with Crippen molar-refractivity contribution in [2.75, 3.05) is 6.54 Å². The van der Waals surface area contributed by atoms with Crippen molar-refractivity contribution in [3.8, 4) is 0 Å². The minimum atomic E-state index is 0.647. The van der Waals surface area contributed by atoms with Crippen molar-refractivity contribution in [3.63, 3.8) is 0 Å². The second-order valence-corrected chi connectivity index (χ2v) is 2.75. The number of hydrogen-bond acceptors (Lipinski definition) is 1. The summed E-state index contributed by atoms with van der Waals surface area (Å²) in [6.45, 7) is 7.36. The molecule has 1 heteroatoms. The van der Waals surface area contributed by atoms with E-state index in [-0.39, 0.29) is 0 Å². The van der Waals surface area contributed by atoms with Crippen molar-refractivity contribution in [1.82, 2.24) is 0 Å². The van der Waals surface area contributed by atoms with Gasteiger partial charge in [-0.1, -0.05) is 13.0 Å². The Labute approximate surface area is 56.5 Å². The molecule has 0 amide bonds. The summed E-state index contributed by atoms with van der Waals surface area (Å²) in [4.78, 5) is 4.34. The Morgan fingerprint density at radius 2 is 2.22 bits per heavy atom. The predicted octanol–water partition coefficient (Wildman–Crippen LogP) is 2.04. The van der Waals surface area contributed by atoms with Crippen LogP contribution in [-0.2, 0) is 0 Å². The van der Waals surface area contributed by atoms with Gasteiger partial charge in [-0.15, -0.1) is 0 Å². The highest BCUT2D eigenvalue weighted by atomic mass is 14.7. The molecule has 1 aliphatic heterocycles. The molecule has 0 bridgehead atoms. The molecule has 0 aromatic heterocycles. The van der Waals surface area contributed by atoms with Crippen LogP contribution in [0.15, 0.2) is 16.6 Å². The van der Waals surface area contributed by atoms with Gasteiger partial charge in [0.2, 0.25) is 0 Å². The smallest absolute Gasteiger partial charge is 0.0452 e. The van der Waals surface area contributed by atoms with Gasteiger partial charge in [0.25, 0.3) is 0 Å². The van der Waals surface area contributed by atoms with Crippen LogP contribution in [0.3, 0.4) is 0 Å². The summed E-state index contributed by atoms with van der Waals surface area (Å²) in [5.74, 6) is 0.647. The van der Waals surface area contributed by atoms with Gasteiger partial charge in [0.15, 0.2) is 0 Å². The minimum absolute atomic E-state index is 0.647. The van der Waals surface area contributed by atoms with Crippen LogP contribution in [0.4, 0.5) is 0 Å². The molecule has 1 atom stereocenters. The number of dihydropyridines is 1. The van der Waals surface area contributed by atoms with Crippen LogP contribution in [0.5, 0.6) is 0 Å². The second-order valence-electron chi connectivity index (χ2n) is 2.75. The first-order chi connectivity index (χ1) is 4.20. The molecule has 1 nitrogen and oxygen atoms in total. The van der Waals surface area contributed by atoms with E-state index in [0.29, 0.717) is 5.92 Å². The lowest BCUT2D eigenvalue weighted by molar-refractivity contribution is 0.726. The molecule has 0 N–H and O–H groups in total. The molecule has 0 aromatic rings. The molecule has 1 aliphatic rings. The minimum Gasteiger partial charge on any atom is -0.289 e. The molecule has 0 aromatic carbocycles. The van der Waals surface area contributed by atoms with Crippen LogP contribution < -0.4 is 0 Å². The summed E-state index contributed by atoms with van der Waals surface area (Å²) in [5, 5.41) is 0. The first-order valence-corrected chi connectivity index (χ1v) is 3.40. The van der Waals surface area contributed by atoms with Crippen LogP contribution in [0, 0.1) is 5.92 Å². The average molecular weight is 123 g/mol. The van der Waals surface area contributed by atoms with Gasteiger partial charge in [-0.3, -0.25) is 4.99 Å². The standard InChI is InChI=1S/C8H13N/c1-6-4-7(2)8(3)9-5-6/h4,6H,5H2,1-3H3. The van der Waals surface area contributed by atoms with Gasteiger partial charge in [-0.05, 0) is 25.3 Å². The van der Waals surface area contributed by atoms with E-state index >= 15 is 0 Å². The Morgan fingerprint density at radius 3 is 2.67 bits per heavy atom. The summed E-state index contributed by atoms with van der Waals surface area (Å²) < 4.78 is 0. The third-order valence-corrected chi connectivity index (χ3v) is 1.72. The SMILES string of the molecule is CC1=CC(C)CN=C1C. The lowest BCUT2D eigenvalue weighted by Crippen LogP contribution is -2.08. The van der Waals surface area contributed by atoms with Gasteiger partial charge in [-0.25, -0.2) is 0 Å². The summed E-state index contributed by atoms with van der Waals surface area (Å²) in [6.07, 6.45) is 2.28. The van der Waals surface area contributed by atoms with Crippen molar-refractivity contribution < 1.29 is 0 Å². The van der Waals surface area contributed by atoms with Crippen molar-refractivity contribution in [2.45, 2.75) is 20.8 Å². The number of rotatable bonds is 0. The predicted molar refractivity (Wildman–Crippen MR) is 40.9 cm³/mol. The van der Waals surface area contributed by atoms with E-state index in [4.69, 9.17) is 0 Å². The maximum Gasteiger partial charge on any atom is 0.0452 e. The first kappa shape index (κ1) is 6.53. The molecule has 0 saturated heterocycles. The third-order valence-electron chi connectivity index (χ3n) is 1.72. The number of allylic oxidation sites excluding steroid dienone is 1. The summed E-state index contributed by atoms with van der Waals surface area (Å²) in [7, 11) is 0. The number of aliphatic imine (C=N–C) groups is 1. The number of hydrogen-bond donors (Lipinski definition) is 0. The molecule has 0 aliphatic carbocycles. The molecule has 0 radical (unpaired) electrons. The zero-order valence-corrected chi connectivity index (χ0v) is 6.31. The number of nitrogens with zero attached hydrogens (tertiary/aromatic N) is 1.